The highest BCUT2D eigenvalue weighted by atomic mass is 19.1. The summed E-state index contributed by atoms with van der Waals surface area (Å²) in [4.78, 5) is 23.2. The van der Waals surface area contributed by atoms with E-state index in [0.29, 0.717) is 5.69 Å². The molecule has 0 heterocycles. The second-order valence-electron chi connectivity index (χ2n) is 6.90. The highest BCUT2D eigenvalue weighted by Gasteiger charge is 2.18. The van der Waals surface area contributed by atoms with Gasteiger partial charge in [0.15, 0.2) is 0 Å². The Balaban J connectivity index is 1.82. The molecular formula is C22H21FN6O4. The molecule has 0 spiro atoms. The zero-order valence-electron chi connectivity index (χ0n) is 17.9. The molecule has 3 rings (SSSR count). The van der Waals surface area contributed by atoms with E-state index in [4.69, 9.17) is 0 Å². The summed E-state index contributed by atoms with van der Waals surface area (Å²) in [6.07, 6.45) is 0. The quantitative estimate of drug-likeness (QED) is 0.220. The van der Waals surface area contributed by atoms with Crippen LogP contribution in [0, 0.1) is 26.0 Å². The monoisotopic (exact) mass is 452 g/mol. The number of rotatable bonds is 9. The molecule has 0 unspecified atom stereocenters. The highest BCUT2D eigenvalue weighted by Crippen LogP contribution is 2.33. The van der Waals surface area contributed by atoms with Gasteiger partial charge in [-0.3, -0.25) is 20.2 Å². The van der Waals surface area contributed by atoms with Crippen molar-refractivity contribution < 1.29 is 14.2 Å². The maximum atomic E-state index is 13.5. The van der Waals surface area contributed by atoms with Crippen molar-refractivity contribution in [2.24, 2.45) is 10.2 Å². The van der Waals surface area contributed by atoms with Gasteiger partial charge in [-0.05, 0) is 62.4 Å². The smallest absolute Gasteiger partial charge is 0.306 e. The predicted molar refractivity (Wildman–Crippen MR) is 124 cm³/mol. The third-order valence-electron chi connectivity index (χ3n) is 4.86. The molecule has 0 amide bonds. The fourth-order valence-corrected chi connectivity index (χ4v) is 3.16. The first-order chi connectivity index (χ1) is 15.8. The van der Waals surface area contributed by atoms with Crippen LogP contribution in [0.25, 0.3) is 0 Å². The minimum atomic E-state index is -0.999. The Bertz CT molecular complexity index is 1200. The summed E-state index contributed by atoms with van der Waals surface area (Å²) >= 11 is 0. The second-order valence-corrected chi connectivity index (χ2v) is 6.90. The lowest BCUT2D eigenvalue weighted by atomic mass is 10.2. The number of benzene rings is 3. The molecule has 10 nitrogen and oxygen atoms in total. The molecule has 0 aliphatic rings. The first-order valence-corrected chi connectivity index (χ1v) is 10.1. The van der Waals surface area contributed by atoms with Gasteiger partial charge in [-0.15, -0.1) is 0 Å². The van der Waals surface area contributed by atoms with Crippen molar-refractivity contribution in [2.75, 3.05) is 23.3 Å². The molecule has 3 aromatic carbocycles. The molecule has 0 aromatic heterocycles. The fourth-order valence-electron chi connectivity index (χ4n) is 3.16. The van der Waals surface area contributed by atoms with Crippen LogP contribution < -0.4 is 10.2 Å². The molecular weight excluding hydrogens is 431 g/mol. The predicted octanol–water partition coefficient (Wildman–Crippen LogP) is 6.65. The zero-order chi connectivity index (χ0) is 24.0. The molecule has 0 saturated carbocycles. The number of nitro benzene ring substituents is 2. The standard InChI is InChI=1S/C22H21FN6O4/c1-3-27(4-2)18-9-5-15(6-10-18)25-26-17-8-12-20(22(14-17)29(32)33)24-16-7-11-19(23)21(13-16)28(30)31/h5-14,24H,3-4H2,1-2H3. The van der Waals surface area contributed by atoms with Crippen LogP contribution in [0.2, 0.25) is 0 Å². The van der Waals surface area contributed by atoms with Crippen LogP contribution in [0.1, 0.15) is 13.8 Å². The van der Waals surface area contributed by atoms with E-state index in [1.165, 1.54) is 24.3 Å². The van der Waals surface area contributed by atoms with Gasteiger partial charge in [-0.25, -0.2) is 0 Å². The summed E-state index contributed by atoms with van der Waals surface area (Å²) in [5.41, 5.74) is 1.07. The molecule has 0 aliphatic carbocycles. The number of hydrogen-bond acceptors (Lipinski definition) is 8. The lowest BCUT2D eigenvalue weighted by Gasteiger charge is -2.20. The Hall–Kier alpha value is -4.41. The van der Waals surface area contributed by atoms with Gasteiger partial charge in [0, 0.05) is 36.6 Å². The summed E-state index contributed by atoms with van der Waals surface area (Å²) in [5, 5.41) is 33.4. The molecule has 0 saturated heterocycles. The molecule has 0 aliphatic heterocycles. The van der Waals surface area contributed by atoms with Gasteiger partial charge >= 0.3 is 5.69 Å². The summed E-state index contributed by atoms with van der Waals surface area (Å²) < 4.78 is 13.5. The maximum absolute atomic E-state index is 13.5. The zero-order valence-corrected chi connectivity index (χ0v) is 17.9. The van der Waals surface area contributed by atoms with Crippen LogP contribution >= 0.6 is 0 Å². The number of hydrogen-bond donors (Lipinski definition) is 1. The van der Waals surface area contributed by atoms with Gasteiger partial charge in [0.25, 0.3) is 5.69 Å². The summed E-state index contributed by atoms with van der Waals surface area (Å²) in [6, 6.07) is 14.8. The van der Waals surface area contributed by atoms with Crippen molar-refractivity contribution in [3.05, 3.63) is 86.7 Å². The fraction of sp³-hybridized carbons (Fsp3) is 0.182. The third-order valence-corrected chi connectivity index (χ3v) is 4.86. The molecule has 0 radical (unpaired) electrons. The minimum absolute atomic E-state index is 0.0726. The van der Waals surface area contributed by atoms with Crippen molar-refractivity contribution >= 4 is 39.8 Å². The van der Waals surface area contributed by atoms with Gasteiger partial charge in [-0.2, -0.15) is 14.6 Å². The van der Waals surface area contributed by atoms with Crippen molar-refractivity contribution in [2.45, 2.75) is 13.8 Å². The second kappa shape index (κ2) is 10.3. The van der Waals surface area contributed by atoms with E-state index in [9.17, 15) is 24.6 Å². The van der Waals surface area contributed by atoms with Crippen LogP contribution in [-0.4, -0.2) is 22.9 Å². The summed E-state index contributed by atoms with van der Waals surface area (Å²) in [6.45, 7) is 5.90. The van der Waals surface area contributed by atoms with E-state index in [2.05, 4.69) is 34.3 Å². The van der Waals surface area contributed by atoms with Gasteiger partial charge in [0.2, 0.25) is 5.82 Å². The normalized spacial score (nSPS) is 10.9. The largest absolute Gasteiger partial charge is 0.372 e. The first-order valence-electron chi connectivity index (χ1n) is 10.1. The molecule has 0 fully saturated rings. The lowest BCUT2D eigenvalue weighted by molar-refractivity contribution is -0.387. The Labute approximate surface area is 188 Å². The van der Waals surface area contributed by atoms with Crippen LogP contribution in [0.15, 0.2) is 70.9 Å². The molecule has 170 valence electrons. The van der Waals surface area contributed by atoms with Gasteiger partial charge in [-0.1, -0.05) is 0 Å². The SMILES string of the molecule is CCN(CC)c1ccc(N=Nc2ccc(Nc3ccc(F)c([N+](=O)[O-])c3)c([N+](=O)[O-])c2)cc1. The van der Waals surface area contributed by atoms with Gasteiger partial charge in [0.1, 0.15) is 5.69 Å². The Kier molecular flexibility index (Phi) is 7.24. The van der Waals surface area contributed by atoms with Gasteiger partial charge in [0.05, 0.1) is 21.2 Å². The molecule has 3 aromatic rings. The molecule has 0 bridgehead atoms. The number of nitrogens with one attached hydrogen (secondary N) is 1. The number of nitro groups is 2. The van der Waals surface area contributed by atoms with Crippen molar-refractivity contribution in [3.8, 4) is 0 Å². The van der Waals surface area contributed by atoms with E-state index < -0.39 is 21.4 Å². The average molecular weight is 452 g/mol. The topological polar surface area (TPSA) is 126 Å². The van der Waals surface area contributed by atoms with Crippen LogP contribution in [-0.2, 0) is 0 Å². The van der Waals surface area contributed by atoms with E-state index in [-0.39, 0.29) is 22.7 Å². The molecule has 11 heteroatoms. The third kappa shape index (κ3) is 5.64. The van der Waals surface area contributed by atoms with E-state index in [0.717, 1.165) is 30.9 Å². The van der Waals surface area contributed by atoms with E-state index >= 15 is 0 Å². The Morgan fingerprint density at radius 1 is 0.848 bits per heavy atom. The van der Waals surface area contributed by atoms with Crippen LogP contribution in [0.5, 0.6) is 0 Å². The van der Waals surface area contributed by atoms with Crippen molar-refractivity contribution in [1.29, 1.82) is 0 Å². The maximum Gasteiger partial charge on any atom is 0.306 e. The summed E-state index contributed by atoms with van der Waals surface area (Å²) in [7, 11) is 0. The van der Waals surface area contributed by atoms with Crippen molar-refractivity contribution in [1.82, 2.24) is 0 Å². The van der Waals surface area contributed by atoms with Crippen LogP contribution in [0.4, 0.5) is 44.2 Å². The highest BCUT2D eigenvalue weighted by molar-refractivity contribution is 5.73. The lowest BCUT2D eigenvalue weighted by Crippen LogP contribution is -2.21. The average Bonchev–Trinajstić information content (AvgIpc) is 2.81. The molecule has 1 N–H and O–H groups in total. The number of azo groups is 1. The van der Waals surface area contributed by atoms with Crippen LogP contribution in [0.3, 0.4) is 0 Å². The Morgan fingerprint density at radius 2 is 1.45 bits per heavy atom. The number of nitrogens with zero attached hydrogens (tertiary/aromatic N) is 5. The first kappa shape index (κ1) is 23.3. The van der Waals surface area contributed by atoms with E-state index in [1.807, 2.05) is 24.3 Å². The Morgan fingerprint density at radius 3 is 2.06 bits per heavy atom. The van der Waals surface area contributed by atoms with E-state index in [1.54, 1.807) is 0 Å². The molecule has 33 heavy (non-hydrogen) atoms. The van der Waals surface area contributed by atoms with Gasteiger partial charge < -0.3 is 10.2 Å². The number of anilines is 3. The number of halogens is 1. The summed E-state index contributed by atoms with van der Waals surface area (Å²) in [5.74, 6) is -0.999. The van der Waals surface area contributed by atoms with Crippen molar-refractivity contribution in [3.63, 3.8) is 0 Å². The molecule has 0 atom stereocenters. The minimum Gasteiger partial charge on any atom is -0.372 e.